The minimum Gasteiger partial charge on any atom is -0.463 e. The van der Waals surface area contributed by atoms with Crippen LogP contribution in [0, 0.1) is 6.92 Å². The Kier molecular flexibility index (Phi) is 4.01. The van der Waals surface area contributed by atoms with Crippen molar-refractivity contribution in [3.63, 3.8) is 0 Å². The Labute approximate surface area is 146 Å². The molecule has 1 aromatic heterocycles. The lowest BCUT2D eigenvalue weighted by molar-refractivity contribution is 0.148. The van der Waals surface area contributed by atoms with Gasteiger partial charge in [-0.25, -0.2) is 4.79 Å². The van der Waals surface area contributed by atoms with Gasteiger partial charge in [0.1, 0.15) is 6.26 Å². The van der Waals surface area contributed by atoms with Crippen molar-refractivity contribution in [2.75, 3.05) is 18.0 Å². The van der Waals surface area contributed by atoms with Crippen molar-refractivity contribution in [1.29, 1.82) is 0 Å². The molecular weight excluding hydrogens is 318 g/mol. The first kappa shape index (κ1) is 15.5. The van der Waals surface area contributed by atoms with E-state index in [0.29, 0.717) is 24.7 Å². The summed E-state index contributed by atoms with van der Waals surface area (Å²) in [5.74, 6) is 1.08. The number of hydrogen-bond acceptors (Lipinski definition) is 4. The fraction of sp³-hybridized carbons (Fsp3) is 0.263. The van der Waals surface area contributed by atoms with E-state index in [2.05, 4.69) is 11.1 Å². The molecule has 6 heteroatoms. The molecule has 0 bridgehead atoms. The van der Waals surface area contributed by atoms with E-state index in [1.165, 1.54) is 6.26 Å². The smallest absolute Gasteiger partial charge is 0.331 e. The van der Waals surface area contributed by atoms with Crippen LogP contribution in [0.4, 0.5) is 10.5 Å². The first-order valence-electron chi connectivity index (χ1n) is 8.33. The minimum atomic E-state index is -0.135. The van der Waals surface area contributed by atoms with E-state index in [1.54, 1.807) is 28.5 Å². The molecule has 3 aliphatic rings. The van der Waals surface area contributed by atoms with E-state index in [-0.39, 0.29) is 6.03 Å². The second-order valence-electron chi connectivity index (χ2n) is 6.08. The minimum absolute atomic E-state index is 0.135. The average Bonchev–Trinajstić information content (AvgIpc) is 3.04. The van der Waals surface area contributed by atoms with Gasteiger partial charge in [-0.15, -0.1) is 0 Å². The number of aryl methyl sites for hydroxylation is 1. The monoisotopic (exact) mass is 337 g/mol. The summed E-state index contributed by atoms with van der Waals surface area (Å²) in [7, 11) is 0. The molecule has 1 aromatic rings. The summed E-state index contributed by atoms with van der Waals surface area (Å²) in [4.78, 5) is 20.3. The molecular formula is C19H19N3O3. The van der Waals surface area contributed by atoms with Gasteiger partial charge >= 0.3 is 6.03 Å². The zero-order valence-electron chi connectivity index (χ0n) is 14.0. The van der Waals surface area contributed by atoms with Gasteiger partial charge in [0, 0.05) is 19.3 Å². The molecule has 0 N–H and O–H groups in total. The third-order valence-electron chi connectivity index (χ3n) is 4.47. The third kappa shape index (κ3) is 2.91. The first-order chi connectivity index (χ1) is 12.2. The van der Waals surface area contributed by atoms with Crippen LogP contribution >= 0.6 is 0 Å². The Morgan fingerprint density at radius 3 is 2.88 bits per heavy atom. The van der Waals surface area contributed by atoms with Crippen LogP contribution in [0.1, 0.15) is 18.4 Å². The molecule has 3 heterocycles. The summed E-state index contributed by atoms with van der Waals surface area (Å²) in [6.45, 7) is 3.08. The maximum Gasteiger partial charge on any atom is 0.331 e. The summed E-state index contributed by atoms with van der Waals surface area (Å²) >= 11 is 0. The number of hydrogen-bond donors (Lipinski definition) is 0. The molecule has 2 amide bonds. The number of amides is 2. The van der Waals surface area contributed by atoms with E-state index in [1.807, 2.05) is 25.1 Å². The number of pyridine rings is 1. The molecule has 2 aliphatic heterocycles. The highest BCUT2D eigenvalue weighted by Crippen LogP contribution is 2.30. The second kappa shape index (κ2) is 6.47. The zero-order valence-corrected chi connectivity index (χ0v) is 14.0. The molecule has 25 heavy (non-hydrogen) atoms. The zero-order chi connectivity index (χ0) is 17.2. The van der Waals surface area contributed by atoms with E-state index < -0.39 is 0 Å². The Morgan fingerprint density at radius 1 is 1.20 bits per heavy atom. The molecule has 0 unspecified atom stereocenters. The number of urea groups is 1. The molecule has 0 saturated carbocycles. The molecule has 1 aliphatic carbocycles. The number of nitrogens with zero attached hydrogens (tertiary/aromatic N) is 3. The lowest BCUT2D eigenvalue weighted by Gasteiger charge is -2.25. The summed E-state index contributed by atoms with van der Waals surface area (Å²) in [6, 6.07) is 1.76. The number of anilines is 1. The van der Waals surface area contributed by atoms with E-state index >= 15 is 0 Å². The predicted molar refractivity (Wildman–Crippen MR) is 93.2 cm³/mol. The van der Waals surface area contributed by atoms with Crippen molar-refractivity contribution >= 4 is 11.7 Å². The maximum atomic E-state index is 12.8. The Balaban J connectivity index is 1.51. The molecule has 6 nitrogen and oxygen atoms in total. The standard InChI is InChI=1S/C19H19N3O3/c1-14-7-8-20-11-16(14)21-9-10-22(19(21)23)18-13-24-12-17(25-18)15-5-3-2-4-6-15/h2-3,5,7-8,11-13H,4,6,9-10H2,1H3. The number of aromatic nitrogens is 1. The van der Waals surface area contributed by atoms with E-state index in [0.717, 1.165) is 29.7 Å². The molecule has 0 atom stereocenters. The van der Waals surface area contributed by atoms with Gasteiger partial charge in [0.15, 0.2) is 12.0 Å². The Morgan fingerprint density at radius 2 is 2.08 bits per heavy atom. The molecule has 0 aromatic carbocycles. The van der Waals surface area contributed by atoms with Crippen LogP contribution in [-0.4, -0.2) is 29.0 Å². The van der Waals surface area contributed by atoms with Crippen molar-refractivity contribution in [2.24, 2.45) is 0 Å². The first-order valence-corrected chi connectivity index (χ1v) is 8.33. The summed E-state index contributed by atoms with van der Waals surface area (Å²) < 4.78 is 11.4. The third-order valence-corrected chi connectivity index (χ3v) is 4.47. The summed E-state index contributed by atoms with van der Waals surface area (Å²) in [5, 5.41) is 0. The number of rotatable bonds is 3. The van der Waals surface area contributed by atoms with Crippen LogP contribution in [0.5, 0.6) is 0 Å². The van der Waals surface area contributed by atoms with Gasteiger partial charge in [0.25, 0.3) is 0 Å². The molecule has 0 spiro atoms. The second-order valence-corrected chi connectivity index (χ2v) is 6.08. The van der Waals surface area contributed by atoms with Crippen LogP contribution in [0.15, 0.2) is 66.4 Å². The predicted octanol–water partition coefficient (Wildman–Crippen LogP) is 3.60. The highest BCUT2D eigenvalue weighted by molar-refractivity contribution is 5.95. The normalized spacial score (nSPS) is 19.9. The van der Waals surface area contributed by atoms with E-state index in [4.69, 9.17) is 9.47 Å². The van der Waals surface area contributed by atoms with Gasteiger partial charge in [-0.2, -0.15) is 0 Å². The highest BCUT2D eigenvalue weighted by atomic mass is 16.6. The van der Waals surface area contributed by atoms with Gasteiger partial charge < -0.3 is 9.47 Å². The number of carbonyl (C=O) groups excluding carboxylic acids is 1. The fourth-order valence-corrected chi connectivity index (χ4v) is 3.09. The fourth-order valence-electron chi connectivity index (χ4n) is 3.09. The number of allylic oxidation sites excluding steroid dienone is 4. The van der Waals surface area contributed by atoms with Crippen LogP contribution in [-0.2, 0) is 9.47 Å². The van der Waals surface area contributed by atoms with Gasteiger partial charge in [0.05, 0.1) is 11.9 Å². The maximum absolute atomic E-state index is 12.8. The van der Waals surface area contributed by atoms with Crippen LogP contribution in [0.3, 0.4) is 0 Å². The van der Waals surface area contributed by atoms with Crippen molar-refractivity contribution < 1.29 is 14.3 Å². The van der Waals surface area contributed by atoms with Crippen molar-refractivity contribution in [2.45, 2.75) is 19.8 Å². The average molecular weight is 337 g/mol. The lowest BCUT2D eigenvalue weighted by atomic mass is 10.0. The molecule has 0 radical (unpaired) electrons. The highest BCUT2D eigenvalue weighted by Gasteiger charge is 2.35. The lowest BCUT2D eigenvalue weighted by Crippen LogP contribution is -2.33. The Hall–Kier alpha value is -3.02. The Bertz CT molecular complexity index is 823. The quantitative estimate of drug-likeness (QED) is 0.846. The van der Waals surface area contributed by atoms with Gasteiger partial charge in [-0.3, -0.25) is 14.8 Å². The molecule has 1 fully saturated rings. The van der Waals surface area contributed by atoms with Gasteiger partial charge in [0.2, 0.25) is 5.88 Å². The largest absolute Gasteiger partial charge is 0.463 e. The van der Waals surface area contributed by atoms with Crippen LogP contribution < -0.4 is 4.90 Å². The van der Waals surface area contributed by atoms with Crippen molar-refractivity contribution in [3.05, 3.63) is 72.0 Å². The van der Waals surface area contributed by atoms with E-state index in [9.17, 15) is 4.79 Å². The molecule has 4 rings (SSSR count). The summed E-state index contributed by atoms with van der Waals surface area (Å²) in [6.07, 6.45) is 14.5. The van der Waals surface area contributed by atoms with Gasteiger partial charge in [-0.1, -0.05) is 18.2 Å². The van der Waals surface area contributed by atoms with Crippen LogP contribution in [0.2, 0.25) is 0 Å². The van der Waals surface area contributed by atoms with Crippen molar-refractivity contribution in [1.82, 2.24) is 9.88 Å². The van der Waals surface area contributed by atoms with Gasteiger partial charge in [-0.05, 0) is 37.0 Å². The topological polar surface area (TPSA) is 54.9 Å². The number of ether oxygens (including phenoxy) is 2. The summed E-state index contributed by atoms with van der Waals surface area (Å²) in [5.41, 5.74) is 2.91. The molecule has 1 saturated heterocycles. The molecule has 128 valence electrons. The SMILES string of the molecule is Cc1ccncc1N1CCN(C2=COC=C(C3=CC=CCC3)O2)C1=O. The van der Waals surface area contributed by atoms with Crippen LogP contribution in [0.25, 0.3) is 0 Å². The van der Waals surface area contributed by atoms with Crippen molar-refractivity contribution in [3.8, 4) is 0 Å². The number of carbonyl (C=O) groups is 1.